The highest BCUT2D eigenvalue weighted by molar-refractivity contribution is 6.58. The molecule has 1 rings (SSSR count). The van der Waals surface area contributed by atoms with Crippen molar-refractivity contribution in [3.63, 3.8) is 0 Å². The van der Waals surface area contributed by atoms with E-state index in [1.165, 1.54) is 12.0 Å². The van der Waals surface area contributed by atoms with Crippen molar-refractivity contribution < 1.29 is 22.5 Å². The van der Waals surface area contributed by atoms with Crippen LogP contribution in [0.5, 0.6) is 0 Å². The maximum Gasteiger partial charge on any atom is 0.492 e. The standard InChI is InChI=1S/C8H14BF3NO2/c1-15-8(14)7-2-4-13(5-3-7)6-9(10,11)12/h7H,2-6H2,1H3/q-1. The first kappa shape index (κ1) is 12.4. The van der Waals surface area contributed by atoms with Crippen molar-refractivity contribution in [2.24, 2.45) is 5.92 Å². The van der Waals surface area contributed by atoms with Gasteiger partial charge < -0.3 is 22.6 Å². The highest BCUT2D eigenvalue weighted by atomic mass is 19.4. The Morgan fingerprint density at radius 3 is 2.33 bits per heavy atom. The summed E-state index contributed by atoms with van der Waals surface area (Å²) >= 11 is 0. The van der Waals surface area contributed by atoms with E-state index in [0.717, 1.165) is 0 Å². The number of methoxy groups -OCH3 is 1. The summed E-state index contributed by atoms with van der Waals surface area (Å²) in [4.78, 5) is 12.4. The van der Waals surface area contributed by atoms with Crippen LogP contribution in [0.3, 0.4) is 0 Å². The maximum atomic E-state index is 12.1. The zero-order chi connectivity index (χ0) is 11.5. The first-order chi connectivity index (χ1) is 6.92. The molecule has 0 N–H and O–H groups in total. The van der Waals surface area contributed by atoms with Gasteiger partial charge in [0.05, 0.1) is 13.0 Å². The van der Waals surface area contributed by atoms with E-state index < -0.39 is 13.4 Å². The smallest absolute Gasteiger partial charge is 0.469 e. The number of hydrogen-bond donors (Lipinski definition) is 0. The molecule has 0 unspecified atom stereocenters. The van der Waals surface area contributed by atoms with E-state index in [4.69, 9.17) is 0 Å². The van der Waals surface area contributed by atoms with Gasteiger partial charge in [-0.3, -0.25) is 4.79 Å². The molecule has 15 heavy (non-hydrogen) atoms. The average Bonchev–Trinajstić information content (AvgIpc) is 2.15. The van der Waals surface area contributed by atoms with Crippen LogP contribution in [0.15, 0.2) is 0 Å². The lowest BCUT2D eigenvalue weighted by atomic mass is 9.88. The fraction of sp³-hybridized carbons (Fsp3) is 0.875. The van der Waals surface area contributed by atoms with Crippen LogP contribution >= 0.6 is 0 Å². The number of halogens is 3. The Balaban J connectivity index is 2.33. The molecule has 1 heterocycles. The lowest BCUT2D eigenvalue weighted by Crippen LogP contribution is -2.43. The zero-order valence-corrected chi connectivity index (χ0v) is 8.59. The predicted molar refractivity (Wildman–Crippen MR) is 50.3 cm³/mol. The summed E-state index contributed by atoms with van der Waals surface area (Å²) in [6.07, 6.45) is 0.0888. The minimum atomic E-state index is -4.76. The van der Waals surface area contributed by atoms with E-state index in [0.29, 0.717) is 25.9 Å². The van der Waals surface area contributed by atoms with Crippen molar-refractivity contribution in [3.05, 3.63) is 0 Å². The molecule has 0 bridgehead atoms. The summed E-state index contributed by atoms with van der Waals surface area (Å²) in [6, 6.07) is 0. The van der Waals surface area contributed by atoms with Gasteiger partial charge in [-0.25, -0.2) is 0 Å². The number of rotatable bonds is 3. The third-order valence-electron chi connectivity index (χ3n) is 2.59. The Morgan fingerprint density at radius 2 is 1.93 bits per heavy atom. The van der Waals surface area contributed by atoms with Crippen LogP contribution in [-0.2, 0) is 9.53 Å². The second-order valence-corrected chi connectivity index (χ2v) is 3.81. The highest BCUT2D eigenvalue weighted by Crippen LogP contribution is 2.20. The summed E-state index contributed by atoms with van der Waals surface area (Å²) < 4.78 is 40.8. The molecule has 0 aromatic rings. The molecule has 0 atom stereocenters. The van der Waals surface area contributed by atoms with Crippen molar-refractivity contribution >= 4 is 12.9 Å². The van der Waals surface area contributed by atoms with Gasteiger partial charge in [0.25, 0.3) is 0 Å². The summed E-state index contributed by atoms with van der Waals surface area (Å²) in [5, 5.41) is 0. The Hall–Kier alpha value is -0.715. The molecule has 0 aromatic carbocycles. The number of piperidine rings is 1. The third-order valence-corrected chi connectivity index (χ3v) is 2.59. The van der Waals surface area contributed by atoms with Gasteiger partial charge in [0.2, 0.25) is 0 Å². The number of nitrogens with zero attached hydrogens (tertiary/aromatic N) is 1. The van der Waals surface area contributed by atoms with Gasteiger partial charge in [0.1, 0.15) is 0 Å². The van der Waals surface area contributed by atoms with E-state index in [2.05, 4.69) is 4.74 Å². The van der Waals surface area contributed by atoms with Crippen molar-refractivity contribution in [2.45, 2.75) is 12.8 Å². The summed E-state index contributed by atoms with van der Waals surface area (Å²) in [7, 11) is 1.30. The number of esters is 1. The molecule has 0 amide bonds. The van der Waals surface area contributed by atoms with Gasteiger partial charge >= 0.3 is 12.9 Å². The number of likely N-dealkylation sites (tertiary alicyclic amines) is 1. The van der Waals surface area contributed by atoms with Gasteiger partial charge in [0.15, 0.2) is 0 Å². The minimum absolute atomic E-state index is 0.230. The molecule has 7 heteroatoms. The van der Waals surface area contributed by atoms with Crippen LogP contribution in [0.4, 0.5) is 12.9 Å². The predicted octanol–water partition coefficient (Wildman–Crippen LogP) is 1.26. The second-order valence-electron chi connectivity index (χ2n) is 3.81. The highest BCUT2D eigenvalue weighted by Gasteiger charge is 2.31. The number of hydrogen-bond acceptors (Lipinski definition) is 3. The van der Waals surface area contributed by atoms with E-state index in [9.17, 15) is 17.7 Å². The van der Waals surface area contributed by atoms with Crippen molar-refractivity contribution in [1.29, 1.82) is 0 Å². The quantitative estimate of drug-likeness (QED) is 0.533. The van der Waals surface area contributed by atoms with E-state index >= 15 is 0 Å². The summed E-state index contributed by atoms with van der Waals surface area (Å²) in [5.74, 6) is -0.542. The topological polar surface area (TPSA) is 29.5 Å². The number of carbonyl (C=O) groups excluding carboxylic acids is 1. The SMILES string of the molecule is COC(=O)C1CCN(C[B-](F)(F)F)CC1. The fourth-order valence-corrected chi connectivity index (χ4v) is 1.81. The molecular formula is C8H14BF3NO2-. The molecule has 0 saturated carbocycles. The lowest BCUT2D eigenvalue weighted by Gasteiger charge is -2.33. The summed E-state index contributed by atoms with van der Waals surface area (Å²) in [5.41, 5.74) is 0. The molecule has 1 saturated heterocycles. The molecule has 1 aliphatic rings. The molecule has 0 radical (unpaired) electrons. The largest absolute Gasteiger partial charge is 0.492 e. The molecule has 3 nitrogen and oxygen atoms in total. The van der Waals surface area contributed by atoms with Crippen LogP contribution in [0.25, 0.3) is 0 Å². The van der Waals surface area contributed by atoms with Gasteiger partial charge in [-0.15, -0.1) is 0 Å². The van der Waals surface area contributed by atoms with Gasteiger partial charge in [0, 0.05) is 0 Å². The van der Waals surface area contributed by atoms with Crippen molar-refractivity contribution in [2.75, 3.05) is 26.6 Å². The van der Waals surface area contributed by atoms with Crippen LogP contribution in [-0.4, -0.2) is 44.5 Å². The molecule has 1 fully saturated rings. The molecule has 1 aliphatic heterocycles. The van der Waals surface area contributed by atoms with Crippen molar-refractivity contribution in [3.8, 4) is 0 Å². The van der Waals surface area contributed by atoms with Crippen LogP contribution in [0.2, 0.25) is 0 Å². The van der Waals surface area contributed by atoms with Crippen LogP contribution in [0, 0.1) is 5.92 Å². The Morgan fingerprint density at radius 1 is 1.40 bits per heavy atom. The zero-order valence-electron chi connectivity index (χ0n) is 8.59. The first-order valence-corrected chi connectivity index (χ1v) is 4.93. The van der Waals surface area contributed by atoms with Gasteiger partial charge in [-0.2, -0.15) is 0 Å². The molecule has 0 aliphatic carbocycles. The van der Waals surface area contributed by atoms with Crippen molar-refractivity contribution in [1.82, 2.24) is 4.90 Å². The molecule has 0 aromatic heterocycles. The van der Waals surface area contributed by atoms with Crippen LogP contribution in [0.1, 0.15) is 12.8 Å². The average molecular weight is 224 g/mol. The fourth-order valence-electron chi connectivity index (χ4n) is 1.81. The van der Waals surface area contributed by atoms with E-state index in [1.807, 2.05) is 0 Å². The maximum absolute atomic E-state index is 12.1. The van der Waals surface area contributed by atoms with Crippen LogP contribution < -0.4 is 0 Å². The number of ether oxygens (including phenoxy) is 1. The Kier molecular flexibility index (Phi) is 4.01. The van der Waals surface area contributed by atoms with Gasteiger partial charge in [-0.1, -0.05) is 0 Å². The normalized spacial score (nSPS) is 20.3. The number of carbonyl (C=O) groups is 1. The molecular weight excluding hydrogens is 210 g/mol. The first-order valence-electron chi connectivity index (χ1n) is 4.93. The minimum Gasteiger partial charge on any atom is -0.469 e. The third kappa shape index (κ3) is 4.11. The Bertz CT molecular complexity index is 226. The van der Waals surface area contributed by atoms with Gasteiger partial charge in [-0.05, 0) is 32.4 Å². The molecule has 88 valence electrons. The van der Waals surface area contributed by atoms with E-state index in [-0.39, 0.29) is 11.9 Å². The lowest BCUT2D eigenvalue weighted by molar-refractivity contribution is -0.146. The summed E-state index contributed by atoms with van der Waals surface area (Å²) in [6.45, 7) is -4.12. The monoisotopic (exact) mass is 224 g/mol. The second kappa shape index (κ2) is 4.87. The Labute approximate surface area is 86.6 Å². The molecule has 0 spiro atoms. The van der Waals surface area contributed by atoms with E-state index in [1.54, 1.807) is 0 Å².